The largest absolute Gasteiger partial charge is 0.321 e. The van der Waals surface area contributed by atoms with Gasteiger partial charge in [-0.1, -0.05) is 28.1 Å². The Hall–Kier alpha value is -2.68. The van der Waals surface area contributed by atoms with Crippen LogP contribution < -0.4 is 9.62 Å². The van der Waals surface area contributed by atoms with Gasteiger partial charge in [-0.3, -0.25) is 9.10 Å². The first-order chi connectivity index (χ1) is 14.7. The number of benzene rings is 3. The number of fused-ring (bicyclic) bond motifs is 1. The number of hydrogen-bond donors (Lipinski definition) is 1. The zero-order valence-corrected chi connectivity index (χ0v) is 20.0. The predicted molar refractivity (Wildman–Crippen MR) is 131 cm³/mol. The number of carbonyl (C=O) groups excluding carboxylic acids is 1. The summed E-state index contributed by atoms with van der Waals surface area (Å²) in [6, 6.07) is 21.3. The van der Waals surface area contributed by atoms with E-state index in [-0.39, 0.29) is 10.8 Å². The van der Waals surface area contributed by atoms with Gasteiger partial charge in [0.1, 0.15) is 0 Å². The van der Waals surface area contributed by atoms with E-state index in [0.717, 1.165) is 25.8 Å². The molecule has 1 aromatic heterocycles. The molecule has 1 N–H and O–H groups in total. The number of thiophene rings is 1. The molecule has 0 saturated heterocycles. The summed E-state index contributed by atoms with van der Waals surface area (Å²) in [5.41, 5.74) is 2.33. The van der Waals surface area contributed by atoms with Crippen molar-refractivity contribution in [1.82, 2.24) is 0 Å². The summed E-state index contributed by atoms with van der Waals surface area (Å²) in [5.74, 6) is -0.191. The van der Waals surface area contributed by atoms with Crippen LogP contribution in [0.4, 0.5) is 11.4 Å². The first-order valence-electron chi connectivity index (χ1n) is 9.40. The second-order valence-electron chi connectivity index (χ2n) is 7.08. The Kier molecular flexibility index (Phi) is 5.88. The molecule has 5 nitrogen and oxygen atoms in total. The number of hydrogen-bond acceptors (Lipinski definition) is 4. The molecule has 0 saturated carbocycles. The van der Waals surface area contributed by atoms with Crippen LogP contribution in [0.1, 0.15) is 15.2 Å². The third-order valence-corrected chi connectivity index (χ3v) is 8.28. The smallest absolute Gasteiger partial charge is 0.265 e. The number of aryl methyl sites for hydroxylation is 1. The van der Waals surface area contributed by atoms with Gasteiger partial charge in [-0.25, -0.2) is 8.42 Å². The van der Waals surface area contributed by atoms with Crippen LogP contribution in [-0.2, 0) is 10.0 Å². The molecule has 0 bridgehead atoms. The summed E-state index contributed by atoms with van der Waals surface area (Å²) >= 11 is 4.69. The second-order valence-corrected chi connectivity index (χ2v) is 11.1. The number of sulfonamides is 1. The van der Waals surface area contributed by atoms with Gasteiger partial charge >= 0.3 is 0 Å². The molecule has 8 heteroatoms. The van der Waals surface area contributed by atoms with Crippen molar-refractivity contribution in [3.8, 4) is 0 Å². The Morgan fingerprint density at radius 3 is 2.45 bits per heavy atom. The summed E-state index contributed by atoms with van der Waals surface area (Å²) in [5, 5.41) is 3.72. The van der Waals surface area contributed by atoms with Crippen molar-refractivity contribution in [2.24, 2.45) is 0 Å². The minimum absolute atomic E-state index is 0.191. The average molecular weight is 515 g/mol. The predicted octanol–water partition coefficient (Wildman–Crippen LogP) is 6.05. The van der Waals surface area contributed by atoms with E-state index in [0.29, 0.717) is 10.6 Å². The normalized spacial score (nSPS) is 11.5. The first-order valence-corrected chi connectivity index (χ1v) is 12.4. The van der Waals surface area contributed by atoms with Crippen LogP contribution in [0.2, 0.25) is 0 Å². The number of carbonyl (C=O) groups is 1. The fourth-order valence-corrected chi connectivity index (χ4v) is 5.55. The maximum Gasteiger partial charge on any atom is 0.265 e. The minimum atomic E-state index is -3.70. The van der Waals surface area contributed by atoms with E-state index in [4.69, 9.17) is 0 Å². The van der Waals surface area contributed by atoms with E-state index in [1.807, 2.05) is 37.3 Å². The number of rotatable bonds is 5. The van der Waals surface area contributed by atoms with Gasteiger partial charge < -0.3 is 5.32 Å². The zero-order valence-electron chi connectivity index (χ0n) is 16.8. The third-order valence-electron chi connectivity index (χ3n) is 4.84. The molecular formula is C23H19BrN2O3S2. The van der Waals surface area contributed by atoms with E-state index in [1.165, 1.54) is 22.7 Å². The first kappa shape index (κ1) is 21.5. The lowest BCUT2D eigenvalue weighted by atomic mass is 10.2. The maximum atomic E-state index is 13.0. The molecule has 158 valence electrons. The Labute approximate surface area is 193 Å². The highest BCUT2D eigenvalue weighted by Crippen LogP contribution is 2.31. The molecule has 0 unspecified atom stereocenters. The molecule has 0 fully saturated rings. The highest BCUT2D eigenvalue weighted by Gasteiger charge is 2.22. The maximum absolute atomic E-state index is 13.0. The SMILES string of the molecule is Cc1cccc(NC(=O)c2cc3cc(N(C)S(=O)(=O)c4ccc(Br)cc4)ccc3s2)c1. The van der Waals surface area contributed by atoms with Gasteiger partial charge in [-0.15, -0.1) is 11.3 Å². The number of nitrogens with one attached hydrogen (secondary N) is 1. The van der Waals surface area contributed by atoms with Crippen LogP contribution in [0.15, 0.2) is 82.2 Å². The minimum Gasteiger partial charge on any atom is -0.321 e. The van der Waals surface area contributed by atoms with Crippen LogP contribution in [0, 0.1) is 6.92 Å². The van der Waals surface area contributed by atoms with E-state index in [9.17, 15) is 13.2 Å². The van der Waals surface area contributed by atoms with Gasteiger partial charge in [0.2, 0.25) is 0 Å². The van der Waals surface area contributed by atoms with Crippen LogP contribution in [0.25, 0.3) is 10.1 Å². The molecule has 0 atom stereocenters. The molecule has 1 amide bonds. The lowest BCUT2D eigenvalue weighted by molar-refractivity contribution is 0.103. The molecular weight excluding hydrogens is 496 g/mol. The summed E-state index contributed by atoms with van der Waals surface area (Å²) in [6.45, 7) is 1.97. The van der Waals surface area contributed by atoms with E-state index in [2.05, 4.69) is 21.2 Å². The zero-order chi connectivity index (χ0) is 22.2. The van der Waals surface area contributed by atoms with Crippen molar-refractivity contribution >= 4 is 64.7 Å². The third kappa shape index (κ3) is 4.51. The molecule has 0 spiro atoms. The molecule has 3 aromatic carbocycles. The molecule has 31 heavy (non-hydrogen) atoms. The molecule has 1 heterocycles. The topological polar surface area (TPSA) is 66.5 Å². The fraction of sp³-hybridized carbons (Fsp3) is 0.0870. The van der Waals surface area contributed by atoms with Crippen molar-refractivity contribution in [3.63, 3.8) is 0 Å². The van der Waals surface area contributed by atoms with E-state index >= 15 is 0 Å². The van der Waals surface area contributed by atoms with Gasteiger partial charge in [0.25, 0.3) is 15.9 Å². The van der Waals surface area contributed by atoms with Crippen molar-refractivity contribution in [2.75, 3.05) is 16.7 Å². The summed E-state index contributed by atoms with van der Waals surface area (Å²) in [6.07, 6.45) is 0. The van der Waals surface area contributed by atoms with Crippen LogP contribution in [0.3, 0.4) is 0 Å². The lowest BCUT2D eigenvalue weighted by Crippen LogP contribution is -2.26. The molecule has 4 rings (SSSR count). The number of halogens is 1. The summed E-state index contributed by atoms with van der Waals surface area (Å²) < 4.78 is 28.9. The highest BCUT2D eigenvalue weighted by molar-refractivity contribution is 9.10. The lowest BCUT2D eigenvalue weighted by Gasteiger charge is -2.19. The second kappa shape index (κ2) is 8.45. The summed E-state index contributed by atoms with van der Waals surface area (Å²) in [7, 11) is -2.17. The quantitative estimate of drug-likeness (QED) is 0.352. The van der Waals surface area contributed by atoms with Gasteiger partial charge in [0.15, 0.2) is 0 Å². The fourth-order valence-electron chi connectivity index (χ4n) is 3.16. The Bertz CT molecular complexity index is 1380. The molecule has 0 aliphatic carbocycles. The van der Waals surface area contributed by atoms with Crippen LogP contribution >= 0.6 is 27.3 Å². The Morgan fingerprint density at radius 2 is 1.74 bits per heavy atom. The average Bonchev–Trinajstić information content (AvgIpc) is 3.17. The van der Waals surface area contributed by atoms with Crippen LogP contribution in [-0.4, -0.2) is 21.4 Å². The standard InChI is InChI=1S/C23H19BrN2O3S2/c1-15-4-3-5-18(12-15)25-23(27)22-14-16-13-19(8-11-21(16)30-22)26(2)31(28,29)20-9-6-17(24)7-10-20/h3-14H,1-2H3,(H,25,27). The molecule has 4 aromatic rings. The van der Waals surface area contributed by atoms with Crippen molar-refractivity contribution < 1.29 is 13.2 Å². The Balaban J connectivity index is 1.61. The number of amides is 1. The molecule has 0 aliphatic rings. The van der Waals surface area contributed by atoms with Gasteiger partial charge in [0.05, 0.1) is 15.5 Å². The Morgan fingerprint density at radius 1 is 1.00 bits per heavy atom. The molecule has 0 aliphatic heterocycles. The van der Waals surface area contributed by atoms with Crippen molar-refractivity contribution in [2.45, 2.75) is 11.8 Å². The van der Waals surface area contributed by atoms with Gasteiger partial charge in [-0.05, 0) is 78.5 Å². The van der Waals surface area contributed by atoms with Crippen molar-refractivity contribution in [3.05, 3.63) is 87.7 Å². The van der Waals surface area contributed by atoms with E-state index in [1.54, 1.807) is 42.5 Å². The van der Waals surface area contributed by atoms with E-state index < -0.39 is 10.0 Å². The number of anilines is 2. The van der Waals surface area contributed by atoms with Crippen LogP contribution in [0.5, 0.6) is 0 Å². The van der Waals surface area contributed by atoms with Crippen molar-refractivity contribution in [1.29, 1.82) is 0 Å². The number of nitrogens with zero attached hydrogens (tertiary/aromatic N) is 1. The molecule has 0 radical (unpaired) electrons. The van der Waals surface area contributed by atoms with Gasteiger partial charge in [-0.2, -0.15) is 0 Å². The highest BCUT2D eigenvalue weighted by atomic mass is 79.9. The van der Waals surface area contributed by atoms with Gasteiger partial charge in [0, 0.05) is 21.9 Å². The summed E-state index contributed by atoms with van der Waals surface area (Å²) in [4.78, 5) is 13.4. The monoisotopic (exact) mass is 514 g/mol.